The monoisotopic (exact) mass is 278 g/mol. The van der Waals surface area contributed by atoms with Crippen molar-refractivity contribution in [1.82, 2.24) is 10.2 Å². The van der Waals surface area contributed by atoms with Crippen molar-refractivity contribution in [3.63, 3.8) is 0 Å². The van der Waals surface area contributed by atoms with Crippen molar-refractivity contribution >= 4 is 0 Å². The van der Waals surface area contributed by atoms with E-state index in [0.717, 1.165) is 31.1 Å². The first-order chi connectivity index (χ1) is 9.74. The number of rotatable bonds is 9. The van der Waals surface area contributed by atoms with Gasteiger partial charge in [0, 0.05) is 18.6 Å². The van der Waals surface area contributed by atoms with Crippen LogP contribution < -0.4 is 5.32 Å². The molecule has 3 heteroatoms. The first kappa shape index (κ1) is 15.5. The molecular formula is C17H27FN2. The molecule has 1 aromatic rings. The third-order valence-corrected chi connectivity index (χ3v) is 3.98. The number of hydrogen-bond donors (Lipinski definition) is 1. The normalized spacial score (nSPS) is 16.6. The summed E-state index contributed by atoms with van der Waals surface area (Å²) in [5, 5.41) is 3.49. The molecule has 0 aliphatic heterocycles. The third kappa shape index (κ3) is 4.57. The van der Waals surface area contributed by atoms with Gasteiger partial charge in [0.2, 0.25) is 0 Å². The van der Waals surface area contributed by atoms with Crippen molar-refractivity contribution in [2.75, 3.05) is 19.6 Å². The van der Waals surface area contributed by atoms with Gasteiger partial charge in [0.25, 0.3) is 0 Å². The van der Waals surface area contributed by atoms with E-state index in [4.69, 9.17) is 0 Å². The summed E-state index contributed by atoms with van der Waals surface area (Å²) < 4.78 is 13.4. The molecule has 0 spiro atoms. The highest BCUT2D eigenvalue weighted by Gasteiger charge is 2.28. The van der Waals surface area contributed by atoms with E-state index in [9.17, 15) is 4.39 Å². The molecule has 1 N–H and O–H groups in total. The summed E-state index contributed by atoms with van der Waals surface area (Å²) >= 11 is 0. The first-order valence-electron chi connectivity index (χ1n) is 7.97. The highest BCUT2D eigenvalue weighted by atomic mass is 19.1. The molecule has 2 nitrogen and oxygen atoms in total. The van der Waals surface area contributed by atoms with Gasteiger partial charge in [-0.3, -0.25) is 0 Å². The molecule has 1 saturated carbocycles. The van der Waals surface area contributed by atoms with E-state index in [0.29, 0.717) is 0 Å². The predicted molar refractivity (Wildman–Crippen MR) is 82.3 cm³/mol. The zero-order chi connectivity index (χ0) is 14.4. The van der Waals surface area contributed by atoms with Crippen molar-refractivity contribution in [3.8, 4) is 0 Å². The molecule has 0 aromatic heterocycles. The Morgan fingerprint density at radius 2 is 2.10 bits per heavy atom. The van der Waals surface area contributed by atoms with Crippen LogP contribution in [0.25, 0.3) is 0 Å². The lowest BCUT2D eigenvalue weighted by molar-refractivity contribution is 0.247. The molecule has 20 heavy (non-hydrogen) atoms. The lowest BCUT2D eigenvalue weighted by Crippen LogP contribution is -2.31. The van der Waals surface area contributed by atoms with Crippen molar-refractivity contribution in [3.05, 3.63) is 35.6 Å². The SMILES string of the molecule is CCCN(CCC(NCC)c1cccc(F)c1)C1CC1. The zero-order valence-electron chi connectivity index (χ0n) is 12.7. The van der Waals surface area contributed by atoms with Gasteiger partial charge in [-0.25, -0.2) is 4.39 Å². The second-order valence-electron chi connectivity index (χ2n) is 5.72. The molecule has 1 aliphatic carbocycles. The van der Waals surface area contributed by atoms with Crippen molar-refractivity contribution in [2.45, 2.75) is 51.6 Å². The van der Waals surface area contributed by atoms with Crippen LogP contribution in [0, 0.1) is 5.82 Å². The van der Waals surface area contributed by atoms with Crippen LogP contribution in [0.5, 0.6) is 0 Å². The minimum absolute atomic E-state index is 0.141. The Morgan fingerprint density at radius 3 is 2.70 bits per heavy atom. The average Bonchev–Trinajstić information content (AvgIpc) is 3.26. The highest BCUT2D eigenvalue weighted by Crippen LogP contribution is 2.28. The van der Waals surface area contributed by atoms with E-state index in [1.54, 1.807) is 12.1 Å². The standard InChI is InChI=1S/C17H27FN2/c1-3-11-20(16-8-9-16)12-10-17(19-4-2)14-6-5-7-15(18)13-14/h5-7,13,16-17,19H,3-4,8-12H2,1-2H3. The van der Waals surface area contributed by atoms with E-state index in [1.807, 2.05) is 6.07 Å². The minimum atomic E-state index is -0.141. The van der Waals surface area contributed by atoms with Gasteiger partial charge in [-0.1, -0.05) is 26.0 Å². The average molecular weight is 278 g/mol. The van der Waals surface area contributed by atoms with Gasteiger partial charge >= 0.3 is 0 Å². The van der Waals surface area contributed by atoms with Gasteiger partial charge in [0.1, 0.15) is 5.82 Å². The Hall–Kier alpha value is -0.930. The van der Waals surface area contributed by atoms with Crippen LogP contribution in [0.1, 0.15) is 51.1 Å². The largest absolute Gasteiger partial charge is 0.310 e. The third-order valence-electron chi connectivity index (χ3n) is 3.98. The first-order valence-corrected chi connectivity index (χ1v) is 7.97. The van der Waals surface area contributed by atoms with Crippen LogP contribution in [0.3, 0.4) is 0 Å². The molecule has 1 fully saturated rings. The summed E-state index contributed by atoms with van der Waals surface area (Å²) in [6.07, 6.45) is 4.97. The highest BCUT2D eigenvalue weighted by molar-refractivity contribution is 5.20. The number of halogens is 1. The predicted octanol–water partition coefficient (Wildman–Crippen LogP) is 3.74. The van der Waals surface area contributed by atoms with Crippen LogP contribution in [-0.2, 0) is 0 Å². The fourth-order valence-corrected chi connectivity index (χ4v) is 2.86. The molecule has 0 saturated heterocycles. The smallest absolute Gasteiger partial charge is 0.123 e. The number of benzene rings is 1. The number of nitrogens with zero attached hydrogens (tertiary/aromatic N) is 1. The van der Waals surface area contributed by atoms with Gasteiger partial charge in [-0.2, -0.15) is 0 Å². The molecule has 0 heterocycles. The molecule has 0 radical (unpaired) electrons. The quantitative estimate of drug-likeness (QED) is 0.740. The van der Waals surface area contributed by atoms with Crippen LogP contribution in [0.2, 0.25) is 0 Å². The summed E-state index contributed by atoms with van der Waals surface area (Å²) in [5.74, 6) is -0.141. The Balaban J connectivity index is 1.94. The molecule has 1 unspecified atom stereocenters. The summed E-state index contributed by atoms with van der Waals surface area (Å²) in [7, 11) is 0. The Bertz CT molecular complexity index is 404. The van der Waals surface area contributed by atoms with Gasteiger partial charge in [0.15, 0.2) is 0 Å². The summed E-state index contributed by atoms with van der Waals surface area (Å²) in [6.45, 7) is 7.55. The Kier molecular flexibility index (Phi) is 5.99. The van der Waals surface area contributed by atoms with Crippen LogP contribution in [-0.4, -0.2) is 30.6 Å². The second kappa shape index (κ2) is 7.75. The van der Waals surface area contributed by atoms with Gasteiger partial charge < -0.3 is 10.2 Å². The molecule has 1 aromatic carbocycles. The lowest BCUT2D eigenvalue weighted by atomic mass is 10.0. The maximum atomic E-state index is 13.4. The number of nitrogens with one attached hydrogen (secondary N) is 1. The Labute approximate surface area is 122 Å². The molecule has 0 bridgehead atoms. The van der Waals surface area contributed by atoms with Crippen molar-refractivity contribution in [2.24, 2.45) is 0 Å². The molecule has 0 amide bonds. The summed E-state index contributed by atoms with van der Waals surface area (Å²) in [5.41, 5.74) is 1.07. The van der Waals surface area contributed by atoms with Crippen molar-refractivity contribution in [1.29, 1.82) is 0 Å². The van der Waals surface area contributed by atoms with Gasteiger partial charge in [-0.05, 0) is 56.5 Å². The molecule has 1 atom stereocenters. The minimum Gasteiger partial charge on any atom is -0.310 e. The molecule has 2 rings (SSSR count). The molecule has 1 aliphatic rings. The summed E-state index contributed by atoms with van der Waals surface area (Å²) in [4.78, 5) is 2.60. The Morgan fingerprint density at radius 1 is 1.30 bits per heavy atom. The summed E-state index contributed by atoms with van der Waals surface area (Å²) in [6, 6.07) is 8.07. The van der Waals surface area contributed by atoms with Gasteiger partial charge in [0.05, 0.1) is 0 Å². The van der Waals surface area contributed by atoms with E-state index in [-0.39, 0.29) is 11.9 Å². The topological polar surface area (TPSA) is 15.3 Å². The number of hydrogen-bond acceptors (Lipinski definition) is 2. The van der Waals surface area contributed by atoms with Gasteiger partial charge in [-0.15, -0.1) is 0 Å². The van der Waals surface area contributed by atoms with E-state index in [1.165, 1.54) is 31.9 Å². The van der Waals surface area contributed by atoms with Crippen LogP contribution in [0.4, 0.5) is 4.39 Å². The second-order valence-corrected chi connectivity index (χ2v) is 5.72. The lowest BCUT2D eigenvalue weighted by Gasteiger charge is -2.25. The van der Waals surface area contributed by atoms with E-state index >= 15 is 0 Å². The van der Waals surface area contributed by atoms with Crippen LogP contribution in [0.15, 0.2) is 24.3 Å². The zero-order valence-corrected chi connectivity index (χ0v) is 12.7. The van der Waals surface area contributed by atoms with Crippen LogP contribution >= 0.6 is 0 Å². The molecular weight excluding hydrogens is 251 g/mol. The fraction of sp³-hybridized carbons (Fsp3) is 0.647. The van der Waals surface area contributed by atoms with E-state index in [2.05, 4.69) is 24.1 Å². The van der Waals surface area contributed by atoms with Crippen molar-refractivity contribution < 1.29 is 4.39 Å². The maximum Gasteiger partial charge on any atom is 0.123 e. The van der Waals surface area contributed by atoms with E-state index < -0.39 is 0 Å². The maximum absolute atomic E-state index is 13.4. The molecule has 112 valence electrons. The fourth-order valence-electron chi connectivity index (χ4n) is 2.86.